The minimum Gasteiger partial charge on any atom is -0.353 e. The fourth-order valence-electron chi connectivity index (χ4n) is 2.82. The molecule has 1 aromatic carbocycles. The molecule has 0 saturated carbocycles. The normalized spacial score (nSPS) is 14.3. The van der Waals surface area contributed by atoms with Crippen LogP contribution in [0.1, 0.15) is 26.7 Å². The number of nitrogens with zero attached hydrogens (tertiary/aromatic N) is 4. The van der Waals surface area contributed by atoms with Crippen LogP contribution in [0.2, 0.25) is 5.02 Å². The zero-order chi connectivity index (χ0) is 17.8. The molecule has 0 aliphatic carbocycles. The molecule has 1 fully saturated rings. The van der Waals surface area contributed by atoms with Crippen molar-refractivity contribution in [3.05, 3.63) is 29.3 Å². The van der Waals surface area contributed by atoms with Gasteiger partial charge in [-0.05, 0) is 38.8 Å². The maximum atomic E-state index is 12.0. The van der Waals surface area contributed by atoms with Gasteiger partial charge in [0.1, 0.15) is 0 Å². The lowest BCUT2D eigenvalue weighted by Crippen LogP contribution is -2.31. The van der Waals surface area contributed by atoms with Gasteiger partial charge >= 0.3 is 0 Å². The van der Waals surface area contributed by atoms with E-state index in [2.05, 4.69) is 20.4 Å². The summed E-state index contributed by atoms with van der Waals surface area (Å²) < 4.78 is 1.96. The molecule has 2 heterocycles. The highest BCUT2D eigenvalue weighted by Crippen LogP contribution is 2.31. The van der Waals surface area contributed by atoms with E-state index in [1.54, 1.807) is 0 Å². The van der Waals surface area contributed by atoms with Crippen LogP contribution < -0.4 is 10.2 Å². The Morgan fingerprint density at radius 2 is 2.00 bits per heavy atom. The van der Waals surface area contributed by atoms with Crippen LogP contribution in [0.3, 0.4) is 0 Å². The second-order valence-corrected chi connectivity index (χ2v) is 7.62. The Kier molecular flexibility index (Phi) is 5.86. The summed E-state index contributed by atoms with van der Waals surface area (Å²) in [5.74, 6) is 1.06. The van der Waals surface area contributed by atoms with E-state index in [1.807, 2.05) is 42.7 Å². The minimum atomic E-state index is -0.0172. The Balaban J connectivity index is 1.90. The Morgan fingerprint density at radius 1 is 1.28 bits per heavy atom. The average molecular weight is 380 g/mol. The lowest BCUT2D eigenvalue weighted by molar-refractivity contribution is -0.119. The molecule has 2 aromatic rings. The number of rotatable bonds is 6. The fraction of sp³-hybridized carbons (Fsp3) is 0.471. The van der Waals surface area contributed by atoms with Gasteiger partial charge in [-0.15, -0.1) is 10.2 Å². The number of anilines is 1. The van der Waals surface area contributed by atoms with Crippen molar-refractivity contribution in [1.82, 2.24) is 20.1 Å². The molecule has 1 N–H and O–H groups in total. The topological polar surface area (TPSA) is 63.1 Å². The predicted molar refractivity (Wildman–Crippen MR) is 102 cm³/mol. The second kappa shape index (κ2) is 8.10. The van der Waals surface area contributed by atoms with Gasteiger partial charge in [0.15, 0.2) is 5.16 Å². The molecule has 1 amide bonds. The van der Waals surface area contributed by atoms with Gasteiger partial charge in [-0.25, -0.2) is 0 Å². The molecule has 0 spiro atoms. The van der Waals surface area contributed by atoms with Gasteiger partial charge in [0, 0.05) is 19.1 Å². The number of carbonyl (C=O) groups excluding carboxylic acids is 1. The summed E-state index contributed by atoms with van der Waals surface area (Å²) in [6.45, 7) is 5.81. The van der Waals surface area contributed by atoms with E-state index in [0.29, 0.717) is 15.9 Å². The molecule has 0 radical (unpaired) electrons. The number of aromatic nitrogens is 3. The number of halogens is 1. The van der Waals surface area contributed by atoms with Crippen molar-refractivity contribution in [3.63, 3.8) is 0 Å². The summed E-state index contributed by atoms with van der Waals surface area (Å²) in [4.78, 5) is 14.2. The number of benzene rings is 1. The van der Waals surface area contributed by atoms with Gasteiger partial charge in [-0.2, -0.15) is 0 Å². The number of para-hydroxylation sites is 1. The molecule has 1 aliphatic rings. The third-order valence-corrected chi connectivity index (χ3v) is 5.13. The molecule has 134 valence electrons. The number of hydrogen-bond donors (Lipinski definition) is 1. The summed E-state index contributed by atoms with van der Waals surface area (Å²) >= 11 is 7.79. The Labute approximate surface area is 156 Å². The zero-order valence-electron chi connectivity index (χ0n) is 14.4. The predicted octanol–water partition coefficient (Wildman–Crippen LogP) is 3.14. The van der Waals surface area contributed by atoms with Crippen molar-refractivity contribution in [2.45, 2.75) is 37.9 Å². The highest BCUT2D eigenvalue weighted by atomic mass is 35.5. The van der Waals surface area contributed by atoms with Crippen LogP contribution >= 0.6 is 23.4 Å². The standard InChI is InChI=1S/C17H22ClN5OS/c1-12(2)19-15(24)11-25-17-21-20-16(22-9-5-6-10-22)23(17)14-8-4-3-7-13(14)18/h3-4,7-8,12H,5-6,9-11H2,1-2H3,(H,19,24). The Morgan fingerprint density at radius 3 is 2.68 bits per heavy atom. The summed E-state index contributed by atoms with van der Waals surface area (Å²) in [5.41, 5.74) is 0.836. The van der Waals surface area contributed by atoms with E-state index in [0.717, 1.165) is 37.6 Å². The van der Waals surface area contributed by atoms with Crippen LogP contribution in [0.5, 0.6) is 0 Å². The van der Waals surface area contributed by atoms with E-state index in [1.165, 1.54) is 11.8 Å². The first-order valence-corrected chi connectivity index (χ1v) is 9.80. The van der Waals surface area contributed by atoms with Crippen molar-refractivity contribution in [1.29, 1.82) is 0 Å². The van der Waals surface area contributed by atoms with E-state index >= 15 is 0 Å². The van der Waals surface area contributed by atoms with Crippen LogP contribution in [0.4, 0.5) is 5.95 Å². The lowest BCUT2D eigenvalue weighted by atomic mass is 10.3. The molecule has 25 heavy (non-hydrogen) atoms. The van der Waals surface area contributed by atoms with E-state index in [9.17, 15) is 4.79 Å². The van der Waals surface area contributed by atoms with E-state index in [-0.39, 0.29) is 11.9 Å². The molecule has 1 saturated heterocycles. The van der Waals surface area contributed by atoms with Crippen LogP contribution in [0.15, 0.2) is 29.4 Å². The monoisotopic (exact) mass is 379 g/mol. The maximum Gasteiger partial charge on any atom is 0.232 e. The first-order valence-electron chi connectivity index (χ1n) is 8.43. The van der Waals surface area contributed by atoms with Gasteiger partial charge in [-0.1, -0.05) is 35.5 Å². The van der Waals surface area contributed by atoms with Crippen LogP contribution in [-0.4, -0.2) is 45.6 Å². The number of nitrogens with one attached hydrogen (secondary N) is 1. The number of carbonyl (C=O) groups is 1. The summed E-state index contributed by atoms with van der Waals surface area (Å²) in [5, 5.41) is 12.9. The third kappa shape index (κ3) is 4.27. The number of amides is 1. The fourth-order valence-corrected chi connectivity index (χ4v) is 3.79. The number of hydrogen-bond acceptors (Lipinski definition) is 5. The van der Waals surface area contributed by atoms with Gasteiger partial charge in [0.25, 0.3) is 0 Å². The third-order valence-electron chi connectivity index (χ3n) is 3.88. The molecule has 6 nitrogen and oxygen atoms in total. The molecule has 0 bridgehead atoms. The quantitative estimate of drug-likeness (QED) is 0.781. The van der Waals surface area contributed by atoms with Gasteiger partial charge < -0.3 is 10.2 Å². The summed E-state index contributed by atoms with van der Waals surface area (Å²) in [7, 11) is 0. The maximum absolute atomic E-state index is 12.0. The molecule has 0 atom stereocenters. The highest BCUT2D eigenvalue weighted by molar-refractivity contribution is 7.99. The first kappa shape index (κ1) is 18.1. The van der Waals surface area contributed by atoms with Crippen molar-refractivity contribution >= 4 is 35.2 Å². The smallest absolute Gasteiger partial charge is 0.232 e. The van der Waals surface area contributed by atoms with E-state index in [4.69, 9.17) is 11.6 Å². The van der Waals surface area contributed by atoms with Crippen molar-refractivity contribution < 1.29 is 4.79 Å². The lowest BCUT2D eigenvalue weighted by Gasteiger charge is -2.19. The Hall–Kier alpha value is -1.73. The summed E-state index contributed by atoms with van der Waals surface area (Å²) in [6, 6.07) is 7.76. The van der Waals surface area contributed by atoms with E-state index < -0.39 is 0 Å². The average Bonchev–Trinajstić information content (AvgIpc) is 3.22. The molecule has 1 aromatic heterocycles. The SMILES string of the molecule is CC(C)NC(=O)CSc1nnc(N2CCCC2)n1-c1ccccc1Cl. The van der Waals surface area contributed by atoms with Crippen LogP contribution in [-0.2, 0) is 4.79 Å². The summed E-state index contributed by atoms with van der Waals surface area (Å²) in [6.07, 6.45) is 2.29. The zero-order valence-corrected chi connectivity index (χ0v) is 16.0. The van der Waals surface area contributed by atoms with Crippen LogP contribution in [0, 0.1) is 0 Å². The Bertz CT molecular complexity index is 742. The van der Waals surface area contributed by atoms with Gasteiger partial charge in [0.2, 0.25) is 11.9 Å². The molecule has 3 rings (SSSR count). The molecule has 8 heteroatoms. The minimum absolute atomic E-state index is 0.0172. The number of thioether (sulfide) groups is 1. The first-order chi connectivity index (χ1) is 12.1. The van der Waals surface area contributed by atoms with Gasteiger partial charge in [-0.3, -0.25) is 9.36 Å². The van der Waals surface area contributed by atoms with Gasteiger partial charge in [0.05, 0.1) is 16.5 Å². The van der Waals surface area contributed by atoms with Crippen LogP contribution in [0.25, 0.3) is 5.69 Å². The largest absolute Gasteiger partial charge is 0.353 e. The molecule has 0 unspecified atom stereocenters. The highest BCUT2D eigenvalue weighted by Gasteiger charge is 2.23. The second-order valence-electron chi connectivity index (χ2n) is 6.27. The van der Waals surface area contributed by atoms with Crippen molar-refractivity contribution in [3.8, 4) is 5.69 Å². The molecule has 1 aliphatic heterocycles. The van der Waals surface area contributed by atoms with Crippen molar-refractivity contribution in [2.24, 2.45) is 0 Å². The molecular weight excluding hydrogens is 358 g/mol. The molecular formula is C17H22ClN5OS. The van der Waals surface area contributed by atoms with Crippen molar-refractivity contribution in [2.75, 3.05) is 23.7 Å².